The topological polar surface area (TPSA) is 24.5 Å². The third-order valence-electron chi connectivity index (χ3n) is 3.11. The number of rotatable bonds is 7. The molecule has 96 valence electrons. The van der Waals surface area contributed by atoms with Gasteiger partial charge in [0.05, 0.1) is 6.10 Å². The van der Waals surface area contributed by atoms with Crippen LogP contribution in [0.5, 0.6) is 0 Å². The van der Waals surface area contributed by atoms with E-state index in [1.54, 1.807) is 0 Å². The van der Waals surface area contributed by atoms with Gasteiger partial charge in [-0.15, -0.1) is 0 Å². The molecule has 16 heavy (non-hydrogen) atoms. The average molecular weight is 228 g/mol. The first-order valence-corrected chi connectivity index (χ1v) is 6.87. The molecule has 0 saturated carbocycles. The van der Waals surface area contributed by atoms with Crippen LogP contribution in [0.4, 0.5) is 0 Å². The monoisotopic (exact) mass is 228 g/mol. The van der Waals surface area contributed by atoms with E-state index in [2.05, 4.69) is 24.1 Å². The van der Waals surface area contributed by atoms with Crippen molar-refractivity contribution < 1.29 is 4.74 Å². The van der Waals surface area contributed by atoms with Crippen LogP contribution in [0, 0.1) is 0 Å². The van der Waals surface area contributed by atoms with Crippen LogP contribution < -0.4 is 5.32 Å². The summed E-state index contributed by atoms with van der Waals surface area (Å²) in [5.41, 5.74) is 0. The van der Waals surface area contributed by atoms with E-state index in [-0.39, 0.29) is 0 Å². The van der Waals surface area contributed by atoms with Crippen molar-refractivity contribution in [3.63, 3.8) is 0 Å². The summed E-state index contributed by atoms with van der Waals surface area (Å²) < 4.78 is 5.64. The quantitative estimate of drug-likeness (QED) is 0.673. The van der Waals surface area contributed by atoms with Gasteiger partial charge in [-0.1, -0.05) is 13.3 Å². The Labute approximate surface area is 101 Å². The zero-order valence-electron chi connectivity index (χ0n) is 11.0. The van der Waals surface area contributed by atoms with Crippen molar-refractivity contribution in [1.82, 2.24) is 10.2 Å². The summed E-state index contributed by atoms with van der Waals surface area (Å²) in [4.78, 5) is 2.56. The van der Waals surface area contributed by atoms with Crippen LogP contribution >= 0.6 is 0 Å². The molecule has 0 radical (unpaired) electrons. The maximum Gasteiger partial charge on any atom is 0.0673 e. The van der Waals surface area contributed by atoms with Crippen LogP contribution in [-0.4, -0.2) is 50.3 Å². The largest absolute Gasteiger partial charge is 0.377 e. The molecular weight excluding hydrogens is 200 g/mol. The van der Waals surface area contributed by atoms with Gasteiger partial charge in [0.1, 0.15) is 0 Å². The van der Waals surface area contributed by atoms with Crippen LogP contribution in [0.15, 0.2) is 0 Å². The maximum atomic E-state index is 5.64. The molecule has 1 fully saturated rings. The maximum absolute atomic E-state index is 5.64. The van der Waals surface area contributed by atoms with Crippen molar-refractivity contribution in [3.8, 4) is 0 Å². The number of nitrogens with zero attached hydrogens (tertiary/aromatic N) is 1. The van der Waals surface area contributed by atoms with Crippen LogP contribution in [0.25, 0.3) is 0 Å². The van der Waals surface area contributed by atoms with Crippen LogP contribution in [0.3, 0.4) is 0 Å². The van der Waals surface area contributed by atoms with Gasteiger partial charge in [0, 0.05) is 19.7 Å². The lowest BCUT2D eigenvalue weighted by Crippen LogP contribution is -2.31. The van der Waals surface area contributed by atoms with Gasteiger partial charge >= 0.3 is 0 Å². The first kappa shape index (κ1) is 13.9. The predicted octanol–water partition coefficient (Wildman–Crippen LogP) is 1.88. The summed E-state index contributed by atoms with van der Waals surface area (Å²) in [6.45, 7) is 11.2. The SMILES string of the molecule is CCNCCCCCN1CCCOC(C)C1. The van der Waals surface area contributed by atoms with E-state index < -0.39 is 0 Å². The lowest BCUT2D eigenvalue weighted by molar-refractivity contribution is 0.0675. The minimum absolute atomic E-state index is 0.421. The first-order chi connectivity index (χ1) is 7.83. The second-order valence-corrected chi connectivity index (χ2v) is 4.75. The van der Waals surface area contributed by atoms with Crippen molar-refractivity contribution in [2.24, 2.45) is 0 Å². The summed E-state index contributed by atoms with van der Waals surface area (Å²) in [7, 11) is 0. The highest BCUT2D eigenvalue weighted by Crippen LogP contribution is 2.07. The minimum atomic E-state index is 0.421. The average Bonchev–Trinajstić information content (AvgIpc) is 2.48. The van der Waals surface area contributed by atoms with Gasteiger partial charge in [0.2, 0.25) is 0 Å². The third kappa shape index (κ3) is 6.46. The molecule has 3 heteroatoms. The van der Waals surface area contributed by atoms with E-state index in [0.29, 0.717) is 6.10 Å². The van der Waals surface area contributed by atoms with Crippen molar-refractivity contribution in [2.45, 2.75) is 45.6 Å². The molecule has 1 atom stereocenters. The fraction of sp³-hybridized carbons (Fsp3) is 1.00. The lowest BCUT2D eigenvalue weighted by Gasteiger charge is -2.21. The number of ether oxygens (including phenoxy) is 1. The van der Waals surface area contributed by atoms with Crippen molar-refractivity contribution in [2.75, 3.05) is 39.3 Å². The predicted molar refractivity (Wildman–Crippen MR) is 68.9 cm³/mol. The second kappa shape index (κ2) is 8.97. The molecule has 0 spiro atoms. The van der Waals surface area contributed by atoms with Gasteiger partial charge in [-0.25, -0.2) is 0 Å². The summed E-state index contributed by atoms with van der Waals surface area (Å²) in [5, 5.41) is 3.37. The van der Waals surface area contributed by atoms with E-state index in [1.807, 2.05) is 0 Å². The highest BCUT2D eigenvalue weighted by Gasteiger charge is 2.13. The first-order valence-electron chi connectivity index (χ1n) is 6.87. The molecule has 1 unspecified atom stereocenters. The Bertz CT molecular complexity index is 164. The third-order valence-corrected chi connectivity index (χ3v) is 3.11. The summed E-state index contributed by atoms with van der Waals surface area (Å²) >= 11 is 0. The Hall–Kier alpha value is -0.120. The Kier molecular flexibility index (Phi) is 7.81. The normalized spacial score (nSPS) is 23.2. The molecule has 0 aromatic heterocycles. The summed E-state index contributed by atoms with van der Waals surface area (Å²) in [6.07, 6.45) is 5.61. The van der Waals surface area contributed by atoms with Crippen LogP contribution in [0.1, 0.15) is 39.5 Å². The van der Waals surface area contributed by atoms with Gasteiger partial charge in [0.15, 0.2) is 0 Å². The van der Waals surface area contributed by atoms with E-state index in [1.165, 1.54) is 45.3 Å². The van der Waals surface area contributed by atoms with Gasteiger partial charge in [0.25, 0.3) is 0 Å². The second-order valence-electron chi connectivity index (χ2n) is 4.75. The van der Waals surface area contributed by atoms with Gasteiger partial charge < -0.3 is 15.0 Å². The number of nitrogens with one attached hydrogen (secondary N) is 1. The smallest absolute Gasteiger partial charge is 0.0673 e. The zero-order valence-corrected chi connectivity index (χ0v) is 11.0. The van der Waals surface area contributed by atoms with E-state index in [4.69, 9.17) is 4.74 Å². The standard InChI is InChI=1S/C13H28N2O/c1-3-14-8-5-4-6-9-15-10-7-11-16-13(2)12-15/h13-14H,3-12H2,1-2H3. The molecule has 1 heterocycles. The molecule has 0 bridgehead atoms. The zero-order chi connectivity index (χ0) is 11.6. The highest BCUT2D eigenvalue weighted by atomic mass is 16.5. The molecule has 1 N–H and O–H groups in total. The van der Waals surface area contributed by atoms with Gasteiger partial charge in [-0.2, -0.15) is 0 Å². The molecule has 3 nitrogen and oxygen atoms in total. The highest BCUT2D eigenvalue weighted by molar-refractivity contribution is 4.66. The fourth-order valence-corrected chi connectivity index (χ4v) is 2.22. The van der Waals surface area contributed by atoms with Gasteiger partial charge in [-0.05, 0) is 45.8 Å². The Morgan fingerprint density at radius 2 is 2.19 bits per heavy atom. The molecule has 1 aliphatic rings. The summed E-state index contributed by atoms with van der Waals surface area (Å²) in [5.74, 6) is 0. The molecule has 1 rings (SSSR count). The molecule has 0 aromatic rings. The molecular formula is C13H28N2O. The summed E-state index contributed by atoms with van der Waals surface area (Å²) in [6, 6.07) is 0. The number of unbranched alkanes of at least 4 members (excludes halogenated alkanes) is 2. The Morgan fingerprint density at radius 3 is 3.00 bits per heavy atom. The van der Waals surface area contributed by atoms with E-state index in [9.17, 15) is 0 Å². The van der Waals surface area contributed by atoms with Crippen molar-refractivity contribution in [3.05, 3.63) is 0 Å². The fourth-order valence-electron chi connectivity index (χ4n) is 2.22. The molecule has 0 aliphatic carbocycles. The van der Waals surface area contributed by atoms with Crippen molar-refractivity contribution >= 4 is 0 Å². The Morgan fingerprint density at radius 1 is 1.31 bits per heavy atom. The molecule has 1 aliphatic heterocycles. The minimum Gasteiger partial charge on any atom is -0.377 e. The molecule has 0 amide bonds. The van der Waals surface area contributed by atoms with Crippen LogP contribution in [0.2, 0.25) is 0 Å². The van der Waals surface area contributed by atoms with E-state index in [0.717, 1.165) is 19.7 Å². The Balaban J connectivity index is 1.98. The number of hydrogen-bond donors (Lipinski definition) is 1. The molecule has 1 saturated heterocycles. The lowest BCUT2D eigenvalue weighted by atomic mass is 10.2. The van der Waals surface area contributed by atoms with Crippen molar-refractivity contribution in [1.29, 1.82) is 0 Å². The van der Waals surface area contributed by atoms with Crippen LogP contribution in [-0.2, 0) is 4.74 Å². The molecule has 0 aromatic carbocycles. The van der Waals surface area contributed by atoms with Gasteiger partial charge in [-0.3, -0.25) is 0 Å². The van der Waals surface area contributed by atoms with E-state index >= 15 is 0 Å². The number of hydrogen-bond acceptors (Lipinski definition) is 3.